The maximum atomic E-state index is 11.1. The maximum absolute atomic E-state index is 11.1. The molecule has 3 saturated heterocycles. The lowest BCUT2D eigenvalue weighted by Gasteiger charge is -2.50. The number of benzene rings is 3. The minimum absolute atomic E-state index is 0.146. The summed E-state index contributed by atoms with van der Waals surface area (Å²) in [6.07, 6.45) is 1.32. The number of fused-ring (bicyclic) bond motifs is 3. The van der Waals surface area contributed by atoms with Gasteiger partial charge in [-0.25, -0.2) is 0 Å². The smallest absolute Gasteiger partial charge is 0.171 e. The highest BCUT2D eigenvalue weighted by molar-refractivity contribution is 5.94. The van der Waals surface area contributed by atoms with Gasteiger partial charge in [0, 0.05) is 23.1 Å². The molecular formula is C28H30N2O2. The van der Waals surface area contributed by atoms with E-state index < -0.39 is 6.23 Å². The largest absolute Gasteiger partial charge is 0.497 e. The van der Waals surface area contributed by atoms with Crippen LogP contribution in [-0.4, -0.2) is 42.0 Å². The lowest BCUT2D eigenvalue weighted by molar-refractivity contribution is 0.128. The van der Waals surface area contributed by atoms with Gasteiger partial charge >= 0.3 is 0 Å². The van der Waals surface area contributed by atoms with Gasteiger partial charge in [0.15, 0.2) is 6.23 Å². The maximum Gasteiger partial charge on any atom is 0.171 e. The molecule has 1 N–H and O–H groups in total. The molecule has 0 aliphatic carbocycles. The van der Waals surface area contributed by atoms with Crippen molar-refractivity contribution in [2.75, 3.05) is 20.2 Å². The van der Waals surface area contributed by atoms with Gasteiger partial charge in [-0.15, -0.1) is 0 Å². The first-order chi connectivity index (χ1) is 15.7. The van der Waals surface area contributed by atoms with Crippen molar-refractivity contribution in [1.29, 1.82) is 0 Å². The number of hydrogen-bond acceptors (Lipinski definition) is 4. The van der Waals surface area contributed by atoms with Gasteiger partial charge in [-0.3, -0.25) is 9.89 Å². The predicted octanol–water partition coefficient (Wildman–Crippen LogP) is 5.05. The fraction of sp³-hybridized carbons (Fsp3) is 0.321. The highest BCUT2D eigenvalue weighted by Gasteiger charge is 2.44. The van der Waals surface area contributed by atoms with Crippen molar-refractivity contribution >= 4 is 5.71 Å². The van der Waals surface area contributed by atoms with Gasteiger partial charge in [0.25, 0.3) is 0 Å². The summed E-state index contributed by atoms with van der Waals surface area (Å²) in [6.45, 7) is 2.17. The van der Waals surface area contributed by atoms with E-state index in [2.05, 4.69) is 65.6 Å². The molecule has 3 aromatic rings. The summed E-state index contributed by atoms with van der Waals surface area (Å²) in [5, 5.41) is 11.1. The SMILES string of the molecule is COc1cccc(C(O)N=C2C3CCN(CC3)C2C(c2ccccc2)c2ccccc2)c1. The summed E-state index contributed by atoms with van der Waals surface area (Å²) in [7, 11) is 1.64. The van der Waals surface area contributed by atoms with Crippen LogP contribution >= 0.6 is 0 Å². The zero-order valence-corrected chi connectivity index (χ0v) is 18.5. The van der Waals surface area contributed by atoms with Gasteiger partial charge in [-0.1, -0.05) is 72.8 Å². The summed E-state index contributed by atoms with van der Waals surface area (Å²) >= 11 is 0. The molecule has 2 atom stereocenters. The normalized spacial score (nSPS) is 24.6. The van der Waals surface area contributed by atoms with Crippen LogP contribution < -0.4 is 4.74 Å². The number of nitrogens with zero attached hydrogens (tertiary/aromatic N) is 2. The van der Waals surface area contributed by atoms with Crippen LogP contribution in [0.5, 0.6) is 5.75 Å². The molecule has 4 nitrogen and oxygen atoms in total. The molecule has 2 unspecified atom stereocenters. The molecule has 4 heteroatoms. The number of aliphatic imine (C=N–C) groups is 1. The standard InChI is InChI=1S/C28H30N2O2/c1-32-24-14-8-13-23(19-24)28(31)29-26-22-15-17-30(18-16-22)27(26)25(20-9-4-2-5-10-20)21-11-6-3-7-12-21/h2-14,19,22,25,27-28,31H,15-18H2,1H3. The first-order valence-corrected chi connectivity index (χ1v) is 11.5. The van der Waals surface area contributed by atoms with E-state index in [-0.39, 0.29) is 12.0 Å². The molecule has 3 aliphatic rings. The Labute approximate surface area is 190 Å². The summed E-state index contributed by atoms with van der Waals surface area (Å²) in [4.78, 5) is 7.56. The molecule has 3 heterocycles. The molecule has 6 rings (SSSR count). The first kappa shape index (κ1) is 20.9. The van der Waals surface area contributed by atoms with Crippen LogP contribution in [0.2, 0.25) is 0 Å². The molecule has 0 saturated carbocycles. The quantitative estimate of drug-likeness (QED) is 0.600. The third-order valence-corrected chi connectivity index (χ3v) is 6.94. The molecule has 0 aromatic heterocycles. The Bertz CT molecular complexity index is 1020. The van der Waals surface area contributed by atoms with Crippen LogP contribution in [0, 0.1) is 5.92 Å². The highest BCUT2D eigenvalue weighted by atomic mass is 16.5. The van der Waals surface area contributed by atoms with E-state index >= 15 is 0 Å². The second kappa shape index (κ2) is 9.27. The van der Waals surface area contributed by atoms with Crippen molar-refractivity contribution in [2.45, 2.75) is 31.0 Å². The molecule has 0 amide bonds. The van der Waals surface area contributed by atoms with Gasteiger partial charge in [0.2, 0.25) is 0 Å². The lowest BCUT2D eigenvalue weighted by atomic mass is 9.72. The van der Waals surface area contributed by atoms with E-state index in [9.17, 15) is 5.11 Å². The Morgan fingerprint density at radius 3 is 2.03 bits per heavy atom. The van der Waals surface area contributed by atoms with Crippen LogP contribution in [0.4, 0.5) is 0 Å². The third-order valence-electron chi connectivity index (χ3n) is 6.94. The van der Waals surface area contributed by atoms with Crippen molar-refractivity contribution < 1.29 is 9.84 Å². The van der Waals surface area contributed by atoms with Gasteiger partial charge in [-0.2, -0.15) is 0 Å². The molecule has 3 fully saturated rings. The third kappa shape index (κ3) is 4.08. The summed E-state index contributed by atoms with van der Waals surface area (Å²) in [5.74, 6) is 1.33. The van der Waals surface area contributed by atoms with E-state index in [1.165, 1.54) is 11.1 Å². The van der Waals surface area contributed by atoms with E-state index in [4.69, 9.17) is 9.73 Å². The van der Waals surface area contributed by atoms with Crippen LogP contribution in [0.25, 0.3) is 0 Å². The Morgan fingerprint density at radius 1 is 0.844 bits per heavy atom. The minimum Gasteiger partial charge on any atom is -0.497 e. The van der Waals surface area contributed by atoms with Crippen LogP contribution in [0.3, 0.4) is 0 Å². The molecule has 32 heavy (non-hydrogen) atoms. The Kier molecular flexibility index (Phi) is 6.06. The topological polar surface area (TPSA) is 45.1 Å². The van der Waals surface area contributed by atoms with E-state index in [0.717, 1.165) is 43.0 Å². The van der Waals surface area contributed by atoms with Crippen LogP contribution in [0.15, 0.2) is 89.9 Å². The fourth-order valence-corrected chi connectivity index (χ4v) is 5.36. The van der Waals surface area contributed by atoms with Crippen molar-refractivity contribution in [1.82, 2.24) is 4.90 Å². The summed E-state index contributed by atoms with van der Waals surface area (Å²) < 4.78 is 5.35. The van der Waals surface area contributed by atoms with Gasteiger partial charge < -0.3 is 9.84 Å². The lowest BCUT2D eigenvalue weighted by Crippen LogP contribution is -2.58. The number of methoxy groups -OCH3 is 1. The van der Waals surface area contributed by atoms with Crippen LogP contribution in [-0.2, 0) is 0 Å². The molecule has 0 radical (unpaired) electrons. The molecule has 0 spiro atoms. The zero-order chi connectivity index (χ0) is 21.9. The fourth-order valence-electron chi connectivity index (χ4n) is 5.36. The Hall–Kier alpha value is -2.95. The number of aliphatic hydroxyl groups is 1. The van der Waals surface area contributed by atoms with Crippen molar-refractivity contribution in [2.24, 2.45) is 10.9 Å². The predicted molar refractivity (Wildman–Crippen MR) is 128 cm³/mol. The number of rotatable bonds is 6. The highest BCUT2D eigenvalue weighted by Crippen LogP contribution is 2.41. The van der Waals surface area contributed by atoms with Crippen molar-refractivity contribution in [3.63, 3.8) is 0 Å². The molecular weight excluding hydrogens is 396 g/mol. The summed E-state index contributed by atoms with van der Waals surface area (Å²) in [6, 6.07) is 29.2. The van der Waals surface area contributed by atoms with E-state index in [0.29, 0.717) is 5.92 Å². The van der Waals surface area contributed by atoms with Gasteiger partial charge in [0.1, 0.15) is 5.75 Å². The number of aliphatic hydroxyl groups excluding tert-OH is 1. The average Bonchev–Trinajstić information content (AvgIpc) is 2.87. The average molecular weight is 427 g/mol. The van der Waals surface area contributed by atoms with E-state index in [1.807, 2.05) is 24.3 Å². The molecule has 3 aliphatic heterocycles. The molecule has 2 bridgehead atoms. The zero-order valence-electron chi connectivity index (χ0n) is 18.5. The number of hydrogen-bond donors (Lipinski definition) is 1. The molecule has 3 aromatic carbocycles. The number of ether oxygens (including phenoxy) is 1. The second-order valence-corrected chi connectivity index (χ2v) is 8.76. The van der Waals surface area contributed by atoms with Gasteiger partial charge in [-0.05, 0) is 49.2 Å². The van der Waals surface area contributed by atoms with Crippen molar-refractivity contribution in [3.05, 3.63) is 102 Å². The molecule has 164 valence electrons. The summed E-state index contributed by atoms with van der Waals surface area (Å²) in [5.41, 5.74) is 4.48. The van der Waals surface area contributed by atoms with Crippen molar-refractivity contribution in [3.8, 4) is 5.75 Å². The van der Waals surface area contributed by atoms with Crippen LogP contribution in [0.1, 0.15) is 41.7 Å². The minimum atomic E-state index is -0.893. The van der Waals surface area contributed by atoms with Gasteiger partial charge in [0.05, 0.1) is 13.2 Å². The monoisotopic (exact) mass is 426 g/mol. The second-order valence-electron chi connectivity index (χ2n) is 8.76. The van der Waals surface area contributed by atoms with E-state index in [1.54, 1.807) is 7.11 Å². The Balaban J connectivity index is 1.58. The Morgan fingerprint density at radius 2 is 1.44 bits per heavy atom. The number of piperidine rings is 3. The first-order valence-electron chi connectivity index (χ1n) is 11.5.